The molecule has 2 saturated heterocycles. The smallest absolute Gasteiger partial charge is 0.0576 e. The minimum atomic E-state index is 0.570. The molecule has 3 heteroatoms. The zero-order valence-electron chi connectivity index (χ0n) is 12.2. The molecule has 2 fully saturated rings. The fourth-order valence-electron chi connectivity index (χ4n) is 3.30. The summed E-state index contributed by atoms with van der Waals surface area (Å²) in [6, 6.07) is 0.817. The van der Waals surface area contributed by atoms with E-state index >= 15 is 0 Å². The predicted molar refractivity (Wildman–Crippen MR) is 76.0 cm³/mol. The molecule has 0 amide bonds. The fourth-order valence-corrected chi connectivity index (χ4v) is 3.30. The van der Waals surface area contributed by atoms with Crippen molar-refractivity contribution in [1.29, 1.82) is 0 Å². The Kier molecular flexibility index (Phi) is 5.93. The van der Waals surface area contributed by atoms with Gasteiger partial charge in [-0.15, -0.1) is 0 Å². The second kappa shape index (κ2) is 7.46. The van der Waals surface area contributed by atoms with Crippen molar-refractivity contribution in [3.05, 3.63) is 0 Å². The summed E-state index contributed by atoms with van der Waals surface area (Å²) in [6.07, 6.45) is 8.40. The van der Waals surface area contributed by atoms with E-state index in [1.807, 2.05) is 0 Å². The maximum Gasteiger partial charge on any atom is 0.0576 e. The van der Waals surface area contributed by atoms with E-state index in [0.29, 0.717) is 6.10 Å². The van der Waals surface area contributed by atoms with Crippen LogP contribution in [0.15, 0.2) is 0 Å². The Labute approximate surface area is 112 Å². The third kappa shape index (κ3) is 4.22. The van der Waals surface area contributed by atoms with E-state index in [1.165, 1.54) is 64.7 Å². The van der Waals surface area contributed by atoms with Gasteiger partial charge in [0.1, 0.15) is 0 Å². The molecule has 2 aliphatic heterocycles. The molecule has 0 unspecified atom stereocenters. The van der Waals surface area contributed by atoms with E-state index < -0.39 is 0 Å². The second-order valence-electron chi connectivity index (χ2n) is 5.92. The quantitative estimate of drug-likeness (QED) is 0.724. The van der Waals surface area contributed by atoms with Gasteiger partial charge in [0.15, 0.2) is 0 Å². The van der Waals surface area contributed by atoms with E-state index in [-0.39, 0.29) is 0 Å². The van der Waals surface area contributed by atoms with Gasteiger partial charge in [-0.2, -0.15) is 0 Å². The molecule has 0 aromatic rings. The van der Waals surface area contributed by atoms with Crippen LogP contribution >= 0.6 is 0 Å². The topological polar surface area (TPSA) is 15.7 Å². The minimum absolute atomic E-state index is 0.570. The predicted octanol–water partition coefficient (Wildman–Crippen LogP) is 2.36. The van der Waals surface area contributed by atoms with Crippen molar-refractivity contribution in [2.45, 2.75) is 57.6 Å². The molecule has 1 atom stereocenters. The summed E-state index contributed by atoms with van der Waals surface area (Å²) in [5.41, 5.74) is 0. The molecular weight excluding hydrogens is 224 g/mol. The van der Waals surface area contributed by atoms with Gasteiger partial charge in [0.2, 0.25) is 0 Å². The highest BCUT2D eigenvalue weighted by atomic mass is 16.5. The molecular formula is C15H30N2O. The molecule has 0 aromatic heterocycles. The lowest BCUT2D eigenvalue weighted by atomic mass is 10.0. The Morgan fingerprint density at radius 3 is 2.61 bits per heavy atom. The van der Waals surface area contributed by atoms with E-state index in [9.17, 15) is 0 Å². The Bertz CT molecular complexity index is 221. The molecule has 0 spiro atoms. The third-order valence-electron chi connectivity index (χ3n) is 4.69. The maximum atomic E-state index is 5.68. The van der Waals surface area contributed by atoms with Crippen LogP contribution in [0.4, 0.5) is 0 Å². The van der Waals surface area contributed by atoms with Crippen molar-refractivity contribution >= 4 is 0 Å². The van der Waals surface area contributed by atoms with Crippen LogP contribution in [-0.4, -0.2) is 61.8 Å². The SMILES string of the molecule is CCN1CCC(N(C)CCC[C@H]2CCCO2)CC1. The van der Waals surface area contributed by atoms with Crippen LogP contribution in [0.3, 0.4) is 0 Å². The van der Waals surface area contributed by atoms with Crippen molar-refractivity contribution in [2.24, 2.45) is 0 Å². The van der Waals surface area contributed by atoms with Gasteiger partial charge in [0.05, 0.1) is 6.10 Å². The number of piperidine rings is 1. The lowest BCUT2D eigenvalue weighted by Gasteiger charge is -2.36. The summed E-state index contributed by atoms with van der Waals surface area (Å²) >= 11 is 0. The summed E-state index contributed by atoms with van der Waals surface area (Å²) in [5, 5.41) is 0. The van der Waals surface area contributed by atoms with E-state index in [2.05, 4.69) is 23.8 Å². The Morgan fingerprint density at radius 1 is 1.22 bits per heavy atom. The molecule has 106 valence electrons. The van der Waals surface area contributed by atoms with Crippen molar-refractivity contribution in [3.8, 4) is 0 Å². The van der Waals surface area contributed by atoms with E-state index in [1.54, 1.807) is 0 Å². The van der Waals surface area contributed by atoms with Crippen LogP contribution in [0, 0.1) is 0 Å². The molecule has 0 saturated carbocycles. The van der Waals surface area contributed by atoms with Crippen LogP contribution in [0.1, 0.15) is 45.4 Å². The highest BCUT2D eigenvalue weighted by Crippen LogP contribution is 2.19. The van der Waals surface area contributed by atoms with Crippen LogP contribution in [-0.2, 0) is 4.74 Å². The van der Waals surface area contributed by atoms with Gasteiger partial charge in [-0.25, -0.2) is 0 Å². The van der Waals surface area contributed by atoms with Crippen LogP contribution < -0.4 is 0 Å². The summed E-state index contributed by atoms with van der Waals surface area (Å²) in [5.74, 6) is 0. The molecule has 0 radical (unpaired) electrons. The third-order valence-corrected chi connectivity index (χ3v) is 4.69. The average Bonchev–Trinajstić information content (AvgIpc) is 2.92. The number of rotatable bonds is 6. The van der Waals surface area contributed by atoms with E-state index in [4.69, 9.17) is 4.74 Å². The minimum Gasteiger partial charge on any atom is -0.378 e. The van der Waals surface area contributed by atoms with Crippen molar-refractivity contribution in [2.75, 3.05) is 39.8 Å². The van der Waals surface area contributed by atoms with Crippen molar-refractivity contribution in [1.82, 2.24) is 9.80 Å². The first-order valence-corrected chi connectivity index (χ1v) is 7.83. The number of hydrogen-bond acceptors (Lipinski definition) is 3. The first kappa shape index (κ1) is 14.3. The Hall–Kier alpha value is -0.120. The normalized spacial score (nSPS) is 27.2. The Balaban J connectivity index is 1.58. The van der Waals surface area contributed by atoms with Gasteiger partial charge < -0.3 is 14.5 Å². The van der Waals surface area contributed by atoms with Crippen molar-refractivity contribution < 1.29 is 4.74 Å². The molecule has 2 aliphatic rings. The summed E-state index contributed by atoms with van der Waals surface area (Å²) in [6.45, 7) is 8.31. The summed E-state index contributed by atoms with van der Waals surface area (Å²) in [4.78, 5) is 5.15. The molecule has 2 heterocycles. The van der Waals surface area contributed by atoms with Gasteiger partial charge in [-0.3, -0.25) is 0 Å². The monoisotopic (exact) mass is 254 g/mol. The molecule has 0 aliphatic carbocycles. The molecule has 2 rings (SSSR count). The van der Waals surface area contributed by atoms with Gasteiger partial charge in [0, 0.05) is 12.6 Å². The largest absolute Gasteiger partial charge is 0.378 e. The lowest BCUT2D eigenvalue weighted by Crippen LogP contribution is -2.43. The Morgan fingerprint density at radius 2 is 2.00 bits per heavy atom. The number of nitrogens with zero attached hydrogens (tertiary/aromatic N) is 2. The average molecular weight is 254 g/mol. The number of hydrogen-bond donors (Lipinski definition) is 0. The lowest BCUT2D eigenvalue weighted by molar-refractivity contribution is 0.0922. The van der Waals surface area contributed by atoms with Crippen LogP contribution in [0.2, 0.25) is 0 Å². The second-order valence-corrected chi connectivity index (χ2v) is 5.92. The van der Waals surface area contributed by atoms with Gasteiger partial charge in [-0.1, -0.05) is 6.92 Å². The molecule has 0 N–H and O–H groups in total. The van der Waals surface area contributed by atoms with Gasteiger partial charge >= 0.3 is 0 Å². The first-order chi connectivity index (χ1) is 8.79. The molecule has 18 heavy (non-hydrogen) atoms. The highest BCUT2D eigenvalue weighted by Gasteiger charge is 2.21. The van der Waals surface area contributed by atoms with Crippen molar-refractivity contribution in [3.63, 3.8) is 0 Å². The number of ether oxygens (including phenoxy) is 1. The summed E-state index contributed by atoms with van der Waals surface area (Å²) < 4.78 is 5.68. The number of likely N-dealkylation sites (tertiary alicyclic amines) is 1. The van der Waals surface area contributed by atoms with Crippen LogP contribution in [0.5, 0.6) is 0 Å². The first-order valence-electron chi connectivity index (χ1n) is 7.83. The van der Waals surface area contributed by atoms with E-state index in [0.717, 1.165) is 12.6 Å². The zero-order chi connectivity index (χ0) is 12.8. The zero-order valence-corrected chi connectivity index (χ0v) is 12.2. The fraction of sp³-hybridized carbons (Fsp3) is 1.00. The molecule has 0 bridgehead atoms. The maximum absolute atomic E-state index is 5.68. The summed E-state index contributed by atoms with van der Waals surface area (Å²) in [7, 11) is 2.31. The molecule has 3 nitrogen and oxygen atoms in total. The molecule has 0 aromatic carbocycles. The highest BCUT2D eigenvalue weighted by molar-refractivity contribution is 4.78. The van der Waals surface area contributed by atoms with Gasteiger partial charge in [0.25, 0.3) is 0 Å². The van der Waals surface area contributed by atoms with Gasteiger partial charge in [-0.05, 0) is 71.8 Å². The standard InChI is InChI=1S/C15H30N2O/c1-3-17-11-8-14(9-12-17)16(2)10-4-6-15-7-5-13-18-15/h14-15H,3-13H2,1-2H3/t15-/m0/s1. The van der Waals surface area contributed by atoms with Crippen LogP contribution in [0.25, 0.3) is 0 Å².